The molecule has 0 aliphatic rings. The lowest BCUT2D eigenvalue weighted by Crippen LogP contribution is -1.96. The maximum atomic E-state index is 14.9. The van der Waals surface area contributed by atoms with Crippen molar-refractivity contribution < 1.29 is 17.9 Å². The summed E-state index contributed by atoms with van der Waals surface area (Å²) in [6, 6.07) is 14.7. The Bertz CT molecular complexity index is 1010. The van der Waals surface area contributed by atoms with Gasteiger partial charge in [-0.1, -0.05) is 75.6 Å². The van der Waals surface area contributed by atoms with Gasteiger partial charge in [0.15, 0.2) is 23.2 Å². The van der Waals surface area contributed by atoms with Gasteiger partial charge in [0.05, 0.1) is 7.11 Å². The third-order valence-corrected chi connectivity index (χ3v) is 5.75. The lowest BCUT2D eigenvalue weighted by atomic mass is 9.95. The van der Waals surface area contributed by atoms with Crippen LogP contribution in [0.3, 0.4) is 0 Å². The molecular weight excluding hydrogens is 397 g/mol. The van der Waals surface area contributed by atoms with Gasteiger partial charge in [-0.15, -0.1) is 0 Å². The van der Waals surface area contributed by atoms with E-state index in [2.05, 4.69) is 13.8 Å². The summed E-state index contributed by atoms with van der Waals surface area (Å²) in [6.45, 7) is 4.49. The molecule has 0 radical (unpaired) electrons. The van der Waals surface area contributed by atoms with Crippen molar-refractivity contribution in [3.63, 3.8) is 0 Å². The number of hydrogen-bond donors (Lipinski definition) is 0. The molecule has 4 heteroatoms. The Morgan fingerprint density at radius 2 is 1.42 bits per heavy atom. The third-order valence-electron chi connectivity index (χ3n) is 5.75. The normalized spacial score (nSPS) is 12.1. The van der Waals surface area contributed by atoms with Gasteiger partial charge in [-0.25, -0.2) is 13.2 Å². The molecule has 0 amide bonds. The van der Waals surface area contributed by atoms with Crippen LogP contribution in [-0.4, -0.2) is 7.11 Å². The van der Waals surface area contributed by atoms with Crippen molar-refractivity contribution >= 4 is 0 Å². The molecule has 0 aromatic heterocycles. The average molecular weight is 427 g/mol. The molecule has 3 rings (SSSR count). The summed E-state index contributed by atoms with van der Waals surface area (Å²) in [6.07, 6.45) is 5.76. The first-order chi connectivity index (χ1) is 14.9. The SMILES string of the molecule is CCCC(C)CCCc1ccc(-c2ccc(-c3ccc(OC)c(F)c3)c(F)c2F)cc1. The second-order valence-electron chi connectivity index (χ2n) is 8.12. The first-order valence-electron chi connectivity index (χ1n) is 10.9. The van der Waals surface area contributed by atoms with E-state index in [1.807, 2.05) is 24.3 Å². The van der Waals surface area contributed by atoms with Crippen molar-refractivity contribution in [2.24, 2.45) is 5.92 Å². The number of methoxy groups -OCH3 is 1. The van der Waals surface area contributed by atoms with Crippen molar-refractivity contribution in [2.75, 3.05) is 7.11 Å². The molecule has 0 heterocycles. The molecule has 0 aliphatic heterocycles. The maximum absolute atomic E-state index is 14.9. The summed E-state index contributed by atoms with van der Waals surface area (Å²) in [5, 5.41) is 0. The summed E-state index contributed by atoms with van der Waals surface area (Å²) < 4.78 is 48.5. The van der Waals surface area contributed by atoms with Gasteiger partial charge in [-0.2, -0.15) is 0 Å². The zero-order chi connectivity index (χ0) is 22.4. The molecule has 0 aliphatic carbocycles. The quantitative estimate of drug-likeness (QED) is 0.335. The molecule has 0 saturated carbocycles. The van der Waals surface area contributed by atoms with Crippen molar-refractivity contribution in [1.82, 2.24) is 0 Å². The average Bonchev–Trinajstić information content (AvgIpc) is 2.76. The van der Waals surface area contributed by atoms with Crippen LogP contribution >= 0.6 is 0 Å². The number of benzene rings is 3. The van der Waals surface area contributed by atoms with Crippen LogP contribution in [0.15, 0.2) is 54.6 Å². The van der Waals surface area contributed by atoms with Gasteiger partial charge in [0, 0.05) is 11.1 Å². The molecule has 1 unspecified atom stereocenters. The largest absolute Gasteiger partial charge is 0.494 e. The highest BCUT2D eigenvalue weighted by Gasteiger charge is 2.17. The van der Waals surface area contributed by atoms with Gasteiger partial charge in [0.25, 0.3) is 0 Å². The van der Waals surface area contributed by atoms with E-state index in [-0.39, 0.29) is 22.4 Å². The zero-order valence-corrected chi connectivity index (χ0v) is 18.4. The monoisotopic (exact) mass is 426 g/mol. The Morgan fingerprint density at radius 3 is 2.00 bits per heavy atom. The topological polar surface area (TPSA) is 9.23 Å². The molecule has 0 spiro atoms. The number of hydrogen-bond acceptors (Lipinski definition) is 1. The minimum Gasteiger partial charge on any atom is -0.494 e. The molecule has 3 aromatic rings. The van der Waals surface area contributed by atoms with Crippen LogP contribution in [0.25, 0.3) is 22.3 Å². The minimum atomic E-state index is -0.990. The lowest BCUT2D eigenvalue weighted by molar-refractivity contribution is 0.386. The van der Waals surface area contributed by atoms with E-state index in [1.54, 1.807) is 0 Å². The second kappa shape index (κ2) is 10.5. The van der Waals surface area contributed by atoms with Crippen molar-refractivity contribution in [1.29, 1.82) is 0 Å². The Morgan fingerprint density at radius 1 is 0.806 bits per heavy atom. The summed E-state index contributed by atoms with van der Waals surface area (Å²) in [5.74, 6) is -1.75. The highest BCUT2D eigenvalue weighted by molar-refractivity contribution is 5.72. The molecule has 31 heavy (non-hydrogen) atoms. The molecule has 0 saturated heterocycles. The van der Waals surface area contributed by atoms with Crippen LogP contribution in [0.2, 0.25) is 0 Å². The van der Waals surface area contributed by atoms with Crippen molar-refractivity contribution in [3.8, 4) is 28.0 Å². The van der Waals surface area contributed by atoms with E-state index in [0.717, 1.165) is 24.8 Å². The number of aryl methyl sites for hydroxylation is 1. The standard InChI is InChI=1S/C27H29F3O/c1-4-6-18(2)7-5-8-19-9-11-20(12-10-19)22-14-15-23(27(30)26(22)29)21-13-16-25(31-3)24(28)17-21/h9-18H,4-8H2,1-3H3. The van der Waals surface area contributed by atoms with E-state index >= 15 is 0 Å². The second-order valence-corrected chi connectivity index (χ2v) is 8.12. The highest BCUT2D eigenvalue weighted by atomic mass is 19.2. The fraction of sp³-hybridized carbons (Fsp3) is 0.333. The number of ether oxygens (including phenoxy) is 1. The molecule has 3 aromatic carbocycles. The van der Waals surface area contributed by atoms with Gasteiger partial charge in [0.2, 0.25) is 0 Å². The first-order valence-corrected chi connectivity index (χ1v) is 10.9. The Balaban J connectivity index is 1.76. The lowest BCUT2D eigenvalue weighted by Gasteiger charge is -2.11. The Kier molecular flexibility index (Phi) is 7.78. The minimum absolute atomic E-state index is 0.0145. The highest BCUT2D eigenvalue weighted by Crippen LogP contribution is 2.33. The van der Waals surface area contributed by atoms with Crippen LogP contribution in [0.1, 0.15) is 45.1 Å². The van der Waals surface area contributed by atoms with E-state index in [9.17, 15) is 13.2 Å². The third kappa shape index (κ3) is 5.49. The van der Waals surface area contributed by atoms with E-state index in [0.29, 0.717) is 5.56 Å². The van der Waals surface area contributed by atoms with Gasteiger partial charge in [-0.3, -0.25) is 0 Å². The van der Waals surface area contributed by atoms with Crippen LogP contribution in [-0.2, 0) is 6.42 Å². The number of rotatable bonds is 9. The zero-order valence-electron chi connectivity index (χ0n) is 18.4. The molecule has 1 nitrogen and oxygen atoms in total. The fourth-order valence-electron chi connectivity index (χ4n) is 3.97. The predicted octanol–water partition coefficient (Wildman–Crippen LogP) is 8.21. The Hall–Kier alpha value is -2.75. The predicted molar refractivity (Wildman–Crippen MR) is 121 cm³/mol. The first kappa shape index (κ1) is 22.9. The van der Waals surface area contributed by atoms with E-state index < -0.39 is 17.5 Å². The molecule has 0 fully saturated rings. The number of halogens is 3. The summed E-state index contributed by atoms with van der Waals surface area (Å²) in [4.78, 5) is 0. The van der Waals surface area contributed by atoms with Gasteiger partial charge < -0.3 is 4.74 Å². The summed E-state index contributed by atoms with van der Waals surface area (Å²) in [7, 11) is 1.35. The summed E-state index contributed by atoms with van der Waals surface area (Å²) >= 11 is 0. The molecule has 0 N–H and O–H groups in total. The fourth-order valence-corrected chi connectivity index (χ4v) is 3.97. The van der Waals surface area contributed by atoms with Crippen LogP contribution < -0.4 is 4.74 Å². The molecule has 164 valence electrons. The molecular formula is C27H29F3O. The van der Waals surface area contributed by atoms with Crippen molar-refractivity contribution in [3.05, 3.63) is 77.6 Å². The Labute approximate surface area is 182 Å². The molecule has 0 bridgehead atoms. The maximum Gasteiger partial charge on any atom is 0.167 e. The van der Waals surface area contributed by atoms with E-state index in [1.165, 1.54) is 56.2 Å². The van der Waals surface area contributed by atoms with E-state index in [4.69, 9.17) is 4.74 Å². The van der Waals surface area contributed by atoms with Gasteiger partial charge >= 0.3 is 0 Å². The molecule has 1 atom stereocenters. The smallest absolute Gasteiger partial charge is 0.167 e. The van der Waals surface area contributed by atoms with Gasteiger partial charge in [-0.05, 0) is 47.6 Å². The van der Waals surface area contributed by atoms with Crippen molar-refractivity contribution in [2.45, 2.75) is 46.0 Å². The van der Waals surface area contributed by atoms with Crippen LogP contribution in [0.4, 0.5) is 13.2 Å². The van der Waals surface area contributed by atoms with Crippen LogP contribution in [0, 0.1) is 23.4 Å². The van der Waals surface area contributed by atoms with Gasteiger partial charge in [0.1, 0.15) is 0 Å². The van der Waals surface area contributed by atoms with Crippen LogP contribution in [0.5, 0.6) is 5.75 Å². The summed E-state index contributed by atoms with van der Waals surface area (Å²) in [5.41, 5.74) is 2.28.